The van der Waals surface area contributed by atoms with E-state index in [1.807, 2.05) is 0 Å². The second kappa shape index (κ2) is 6.29. The Hall–Kier alpha value is -1.84. The van der Waals surface area contributed by atoms with Gasteiger partial charge in [-0.2, -0.15) is 0 Å². The van der Waals surface area contributed by atoms with Gasteiger partial charge in [-0.15, -0.1) is 11.3 Å². The monoisotopic (exact) mass is 297 g/mol. The minimum atomic E-state index is 0.367. The van der Waals surface area contributed by atoms with Crippen LogP contribution in [0, 0.1) is 0 Å². The Morgan fingerprint density at radius 1 is 1.05 bits per heavy atom. The summed E-state index contributed by atoms with van der Waals surface area (Å²) in [5.41, 5.74) is 1.30. The van der Waals surface area contributed by atoms with Crippen molar-refractivity contribution in [1.82, 2.24) is 5.32 Å². The van der Waals surface area contributed by atoms with Crippen molar-refractivity contribution >= 4 is 22.1 Å². The van der Waals surface area contributed by atoms with Crippen LogP contribution in [-0.4, -0.2) is 7.11 Å². The molecule has 0 fully saturated rings. The van der Waals surface area contributed by atoms with Crippen LogP contribution in [-0.2, 0) is 6.54 Å². The van der Waals surface area contributed by atoms with Gasteiger partial charge in [0, 0.05) is 22.8 Å². The van der Waals surface area contributed by atoms with E-state index in [0.29, 0.717) is 6.04 Å². The molecular weight excluding hydrogens is 278 g/mol. The third-order valence-electron chi connectivity index (χ3n) is 3.76. The Morgan fingerprint density at radius 3 is 2.57 bits per heavy atom. The van der Waals surface area contributed by atoms with Crippen LogP contribution < -0.4 is 10.1 Å². The lowest BCUT2D eigenvalue weighted by Gasteiger charge is -2.15. The fourth-order valence-electron chi connectivity index (χ4n) is 2.57. The van der Waals surface area contributed by atoms with Gasteiger partial charge in [-0.1, -0.05) is 36.4 Å². The zero-order chi connectivity index (χ0) is 14.7. The predicted octanol–water partition coefficient (Wildman–Crippen LogP) is 4.76. The maximum absolute atomic E-state index is 5.45. The van der Waals surface area contributed by atoms with Gasteiger partial charge in [0.05, 0.1) is 7.11 Å². The molecular formula is C18H19NOS. The number of ether oxygens (including phenoxy) is 1. The fourth-order valence-corrected chi connectivity index (χ4v) is 3.33. The highest BCUT2D eigenvalue weighted by atomic mass is 32.1. The van der Waals surface area contributed by atoms with Gasteiger partial charge in [0.25, 0.3) is 0 Å². The first-order valence-electron chi connectivity index (χ1n) is 7.11. The number of nitrogens with one attached hydrogen (secondary N) is 1. The van der Waals surface area contributed by atoms with Crippen molar-refractivity contribution < 1.29 is 4.74 Å². The van der Waals surface area contributed by atoms with E-state index in [1.54, 1.807) is 18.4 Å². The average Bonchev–Trinajstić information content (AvgIpc) is 3.06. The SMILES string of the molecule is COc1ccc(CN[C@@H](C)c2cccs2)c2ccccc12. The van der Waals surface area contributed by atoms with Crippen molar-refractivity contribution in [1.29, 1.82) is 0 Å². The summed E-state index contributed by atoms with van der Waals surface area (Å²) in [5.74, 6) is 0.931. The number of fused-ring (bicyclic) bond motifs is 1. The van der Waals surface area contributed by atoms with E-state index in [-0.39, 0.29) is 0 Å². The summed E-state index contributed by atoms with van der Waals surface area (Å²) < 4.78 is 5.45. The quantitative estimate of drug-likeness (QED) is 0.733. The Kier molecular flexibility index (Phi) is 4.23. The van der Waals surface area contributed by atoms with Crippen molar-refractivity contribution in [2.24, 2.45) is 0 Å². The summed E-state index contributed by atoms with van der Waals surface area (Å²) in [7, 11) is 1.72. The largest absolute Gasteiger partial charge is 0.496 e. The Labute approximate surface area is 129 Å². The van der Waals surface area contributed by atoms with Crippen LogP contribution >= 0.6 is 11.3 Å². The van der Waals surface area contributed by atoms with Crippen LogP contribution in [0.1, 0.15) is 23.4 Å². The van der Waals surface area contributed by atoms with Crippen molar-refractivity contribution in [3.63, 3.8) is 0 Å². The van der Waals surface area contributed by atoms with Crippen molar-refractivity contribution in [3.8, 4) is 5.75 Å². The van der Waals surface area contributed by atoms with Crippen LogP contribution in [0.5, 0.6) is 5.75 Å². The van der Waals surface area contributed by atoms with E-state index < -0.39 is 0 Å². The number of methoxy groups -OCH3 is 1. The molecule has 3 heteroatoms. The second-order valence-electron chi connectivity index (χ2n) is 5.09. The van der Waals surface area contributed by atoms with Gasteiger partial charge >= 0.3 is 0 Å². The molecule has 0 spiro atoms. The van der Waals surface area contributed by atoms with Crippen molar-refractivity contribution in [2.75, 3.05) is 7.11 Å². The lowest BCUT2D eigenvalue weighted by molar-refractivity contribution is 0.419. The van der Waals surface area contributed by atoms with E-state index in [1.165, 1.54) is 21.2 Å². The summed E-state index contributed by atoms with van der Waals surface area (Å²) in [6.07, 6.45) is 0. The first kappa shape index (κ1) is 14.1. The number of hydrogen-bond donors (Lipinski definition) is 1. The highest BCUT2D eigenvalue weighted by Crippen LogP contribution is 2.28. The highest BCUT2D eigenvalue weighted by molar-refractivity contribution is 7.10. The summed E-state index contributed by atoms with van der Waals surface area (Å²) >= 11 is 1.79. The summed E-state index contributed by atoms with van der Waals surface area (Å²) in [6, 6.07) is 17.2. The molecule has 0 radical (unpaired) electrons. The fraction of sp³-hybridized carbons (Fsp3) is 0.222. The number of thiophene rings is 1. The lowest BCUT2D eigenvalue weighted by Crippen LogP contribution is -2.17. The molecule has 0 saturated carbocycles. The van der Waals surface area contributed by atoms with Gasteiger partial charge in [0.2, 0.25) is 0 Å². The smallest absolute Gasteiger partial charge is 0.126 e. The molecule has 0 aliphatic heterocycles. The Morgan fingerprint density at radius 2 is 1.86 bits per heavy atom. The van der Waals surface area contributed by atoms with Gasteiger partial charge in [-0.25, -0.2) is 0 Å². The van der Waals surface area contributed by atoms with Crippen LogP contribution in [0.15, 0.2) is 53.9 Å². The maximum atomic E-state index is 5.45. The summed E-state index contributed by atoms with van der Waals surface area (Å²) in [5, 5.41) is 8.14. The Balaban J connectivity index is 1.84. The average molecular weight is 297 g/mol. The number of benzene rings is 2. The van der Waals surface area contributed by atoms with Crippen LogP contribution in [0.2, 0.25) is 0 Å². The molecule has 1 aromatic heterocycles. The molecule has 3 aromatic rings. The molecule has 108 valence electrons. The molecule has 21 heavy (non-hydrogen) atoms. The Bertz CT molecular complexity index is 721. The van der Waals surface area contributed by atoms with E-state index >= 15 is 0 Å². The van der Waals surface area contributed by atoms with Crippen molar-refractivity contribution in [2.45, 2.75) is 19.5 Å². The molecule has 0 bridgehead atoms. The molecule has 3 rings (SSSR count). The van der Waals surface area contributed by atoms with Gasteiger partial charge < -0.3 is 10.1 Å². The maximum Gasteiger partial charge on any atom is 0.126 e. The second-order valence-corrected chi connectivity index (χ2v) is 6.07. The first-order chi connectivity index (χ1) is 10.3. The van der Waals surface area contributed by atoms with Gasteiger partial charge in [-0.05, 0) is 35.4 Å². The highest BCUT2D eigenvalue weighted by Gasteiger charge is 2.09. The number of rotatable bonds is 5. The van der Waals surface area contributed by atoms with E-state index in [2.05, 4.69) is 66.2 Å². The van der Waals surface area contributed by atoms with Gasteiger partial charge in [0.1, 0.15) is 5.75 Å². The normalized spacial score (nSPS) is 12.5. The third-order valence-corrected chi connectivity index (χ3v) is 4.82. The first-order valence-corrected chi connectivity index (χ1v) is 7.99. The minimum absolute atomic E-state index is 0.367. The van der Waals surface area contributed by atoms with Gasteiger partial charge in [-0.3, -0.25) is 0 Å². The topological polar surface area (TPSA) is 21.3 Å². The minimum Gasteiger partial charge on any atom is -0.496 e. The molecule has 0 saturated heterocycles. The molecule has 2 nitrogen and oxygen atoms in total. The van der Waals surface area contributed by atoms with E-state index in [9.17, 15) is 0 Å². The molecule has 0 unspecified atom stereocenters. The van der Waals surface area contributed by atoms with Crippen LogP contribution in [0.4, 0.5) is 0 Å². The summed E-state index contributed by atoms with van der Waals surface area (Å²) in [6.45, 7) is 3.06. The summed E-state index contributed by atoms with van der Waals surface area (Å²) in [4.78, 5) is 1.37. The van der Waals surface area contributed by atoms with Crippen LogP contribution in [0.3, 0.4) is 0 Å². The van der Waals surface area contributed by atoms with Crippen molar-refractivity contribution in [3.05, 3.63) is 64.4 Å². The molecule has 1 N–H and O–H groups in total. The molecule has 0 aliphatic carbocycles. The molecule has 1 atom stereocenters. The third kappa shape index (κ3) is 2.94. The zero-order valence-electron chi connectivity index (χ0n) is 12.3. The standard InChI is InChI=1S/C18H19NOS/c1-13(18-8-5-11-21-18)19-12-14-9-10-17(20-2)16-7-4-3-6-15(14)16/h3-11,13,19H,12H2,1-2H3/t13-/m0/s1. The molecule has 2 aromatic carbocycles. The number of hydrogen-bond acceptors (Lipinski definition) is 3. The zero-order valence-corrected chi connectivity index (χ0v) is 13.1. The lowest BCUT2D eigenvalue weighted by atomic mass is 10.0. The molecule has 0 amide bonds. The predicted molar refractivity (Wildman–Crippen MR) is 90.1 cm³/mol. The van der Waals surface area contributed by atoms with Gasteiger partial charge in [0.15, 0.2) is 0 Å². The van der Waals surface area contributed by atoms with Crippen LogP contribution in [0.25, 0.3) is 10.8 Å². The van der Waals surface area contributed by atoms with E-state index in [4.69, 9.17) is 4.74 Å². The van der Waals surface area contributed by atoms with E-state index in [0.717, 1.165) is 12.3 Å². The molecule has 1 heterocycles. The molecule has 0 aliphatic rings.